The van der Waals surface area contributed by atoms with Crippen molar-refractivity contribution in [2.45, 2.75) is 32.4 Å². The van der Waals surface area contributed by atoms with Gasteiger partial charge >= 0.3 is 5.97 Å². The minimum Gasteiger partial charge on any atom is -0.459 e. The minimum atomic E-state index is -0.715. The number of ether oxygens (including phenoxy) is 1. The Kier molecular flexibility index (Phi) is 4.32. The molecule has 0 fully saturated rings. The molecule has 0 heterocycles. The molecule has 0 saturated heterocycles. The summed E-state index contributed by atoms with van der Waals surface area (Å²) in [4.78, 5) is 11.8. The highest BCUT2D eigenvalue weighted by Crippen LogP contribution is 2.21. The number of esters is 1. The van der Waals surface area contributed by atoms with Crippen molar-refractivity contribution in [3.8, 4) is 0 Å². The summed E-state index contributed by atoms with van der Waals surface area (Å²) in [5.41, 5.74) is 6.17. The Morgan fingerprint density at radius 1 is 1.38 bits per heavy atom. The van der Waals surface area contributed by atoms with Gasteiger partial charge < -0.3 is 10.5 Å². The lowest BCUT2D eigenvalue weighted by atomic mass is 10.1. The van der Waals surface area contributed by atoms with E-state index in [1.165, 1.54) is 0 Å². The molecule has 0 bridgehead atoms. The van der Waals surface area contributed by atoms with E-state index in [2.05, 4.69) is 22.6 Å². The standard InChI is InChI=1S/C12H16INO2/c1-12(2,3)16-11(15)10(14)8-6-4-5-7-9(8)13/h4-7,10H,14H2,1-3H3. The third-order valence-corrected chi connectivity index (χ3v) is 2.88. The molecule has 88 valence electrons. The summed E-state index contributed by atoms with van der Waals surface area (Å²) < 4.78 is 6.21. The van der Waals surface area contributed by atoms with Crippen LogP contribution in [0.15, 0.2) is 24.3 Å². The van der Waals surface area contributed by atoms with Gasteiger partial charge in [-0.1, -0.05) is 18.2 Å². The number of hydrogen-bond donors (Lipinski definition) is 1. The van der Waals surface area contributed by atoms with Crippen LogP contribution in [0.5, 0.6) is 0 Å². The van der Waals surface area contributed by atoms with Gasteiger partial charge in [0.1, 0.15) is 11.6 Å². The molecule has 4 heteroatoms. The molecule has 1 aromatic carbocycles. The molecule has 3 nitrogen and oxygen atoms in total. The van der Waals surface area contributed by atoms with Gasteiger partial charge in [-0.2, -0.15) is 0 Å². The summed E-state index contributed by atoms with van der Waals surface area (Å²) in [6.07, 6.45) is 0. The number of hydrogen-bond acceptors (Lipinski definition) is 3. The van der Waals surface area contributed by atoms with E-state index in [0.717, 1.165) is 9.13 Å². The lowest BCUT2D eigenvalue weighted by molar-refractivity contribution is -0.156. The van der Waals surface area contributed by atoms with Crippen molar-refractivity contribution in [3.05, 3.63) is 33.4 Å². The van der Waals surface area contributed by atoms with Gasteiger partial charge in [0.05, 0.1) is 0 Å². The van der Waals surface area contributed by atoms with E-state index in [0.29, 0.717) is 0 Å². The topological polar surface area (TPSA) is 52.3 Å². The van der Waals surface area contributed by atoms with Gasteiger partial charge in [0.2, 0.25) is 0 Å². The van der Waals surface area contributed by atoms with Crippen molar-refractivity contribution in [1.29, 1.82) is 0 Å². The molecule has 16 heavy (non-hydrogen) atoms. The Hall–Kier alpha value is -0.620. The molecular formula is C12H16INO2. The van der Waals surface area contributed by atoms with Gasteiger partial charge in [0.15, 0.2) is 0 Å². The molecule has 2 N–H and O–H groups in total. The zero-order chi connectivity index (χ0) is 12.3. The van der Waals surface area contributed by atoms with Crippen LogP contribution in [0.2, 0.25) is 0 Å². The van der Waals surface area contributed by atoms with Crippen molar-refractivity contribution >= 4 is 28.6 Å². The molecule has 0 amide bonds. The highest BCUT2D eigenvalue weighted by Gasteiger charge is 2.24. The van der Waals surface area contributed by atoms with E-state index in [1.54, 1.807) is 0 Å². The number of rotatable bonds is 2. The first-order valence-corrected chi connectivity index (χ1v) is 6.12. The largest absolute Gasteiger partial charge is 0.459 e. The molecule has 0 aliphatic carbocycles. The summed E-state index contributed by atoms with van der Waals surface area (Å²) in [6.45, 7) is 5.48. The van der Waals surface area contributed by atoms with Crippen LogP contribution in [-0.2, 0) is 9.53 Å². The van der Waals surface area contributed by atoms with E-state index in [-0.39, 0.29) is 0 Å². The molecule has 0 aliphatic heterocycles. The molecule has 1 rings (SSSR count). The maximum Gasteiger partial charge on any atom is 0.328 e. The van der Waals surface area contributed by atoms with E-state index in [4.69, 9.17) is 10.5 Å². The second-order valence-corrected chi connectivity index (χ2v) is 5.69. The summed E-state index contributed by atoms with van der Waals surface area (Å²) in [5.74, 6) is -0.392. The number of carbonyl (C=O) groups excluding carboxylic acids is 1. The zero-order valence-corrected chi connectivity index (χ0v) is 11.8. The van der Waals surface area contributed by atoms with E-state index < -0.39 is 17.6 Å². The second kappa shape index (κ2) is 5.14. The third-order valence-electron chi connectivity index (χ3n) is 1.90. The predicted molar refractivity (Wildman–Crippen MR) is 71.9 cm³/mol. The lowest BCUT2D eigenvalue weighted by Gasteiger charge is -2.22. The van der Waals surface area contributed by atoms with Gasteiger partial charge in [-0.05, 0) is 55.0 Å². The molecule has 0 aromatic heterocycles. The summed E-state index contributed by atoms with van der Waals surface area (Å²) in [7, 11) is 0. The summed E-state index contributed by atoms with van der Waals surface area (Å²) in [6, 6.07) is 6.82. The van der Waals surface area contributed by atoms with Crippen LogP contribution in [0.3, 0.4) is 0 Å². The maximum absolute atomic E-state index is 11.8. The molecule has 0 saturated carbocycles. The van der Waals surface area contributed by atoms with Crippen LogP contribution in [0.4, 0.5) is 0 Å². The molecular weight excluding hydrogens is 317 g/mol. The van der Waals surface area contributed by atoms with Crippen molar-refractivity contribution < 1.29 is 9.53 Å². The number of benzene rings is 1. The minimum absolute atomic E-state index is 0.392. The first-order chi connectivity index (χ1) is 7.31. The Balaban J connectivity index is 2.83. The van der Waals surface area contributed by atoms with Crippen LogP contribution in [0.1, 0.15) is 32.4 Å². The predicted octanol–water partition coefficient (Wildman–Crippen LogP) is 2.63. The Bertz CT molecular complexity index is 385. The molecule has 0 radical (unpaired) electrons. The smallest absolute Gasteiger partial charge is 0.328 e. The van der Waals surface area contributed by atoms with E-state index in [9.17, 15) is 4.79 Å². The van der Waals surface area contributed by atoms with E-state index in [1.807, 2.05) is 45.0 Å². The average molecular weight is 333 g/mol. The summed E-state index contributed by atoms with van der Waals surface area (Å²) in [5, 5.41) is 0. The van der Waals surface area contributed by atoms with Crippen LogP contribution in [0.25, 0.3) is 0 Å². The number of nitrogens with two attached hydrogens (primary N) is 1. The van der Waals surface area contributed by atoms with Crippen molar-refractivity contribution in [2.24, 2.45) is 5.73 Å². The lowest BCUT2D eigenvalue weighted by Crippen LogP contribution is -2.31. The maximum atomic E-state index is 11.8. The van der Waals surface area contributed by atoms with Crippen molar-refractivity contribution in [1.82, 2.24) is 0 Å². The third kappa shape index (κ3) is 3.75. The molecule has 1 unspecified atom stereocenters. The second-order valence-electron chi connectivity index (χ2n) is 4.53. The van der Waals surface area contributed by atoms with Gasteiger partial charge in [0, 0.05) is 3.57 Å². The normalized spacial score (nSPS) is 13.3. The molecule has 1 aromatic rings. The first-order valence-electron chi connectivity index (χ1n) is 5.04. The van der Waals surface area contributed by atoms with Gasteiger partial charge in [-0.25, -0.2) is 4.79 Å². The SMILES string of the molecule is CC(C)(C)OC(=O)C(N)c1ccccc1I. The monoisotopic (exact) mass is 333 g/mol. The Morgan fingerprint density at radius 2 is 1.94 bits per heavy atom. The van der Waals surface area contributed by atoms with Crippen LogP contribution in [-0.4, -0.2) is 11.6 Å². The van der Waals surface area contributed by atoms with Crippen molar-refractivity contribution in [3.63, 3.8) is 0 Å². The molecule has 0 aliphatic rings. The fourth-order valence-electron chi connectivity index (χ4n) is 1.22. The zero-order valence-electron chi connectivity index (χ0n) is 9.66. The Morgan fingerprint density at radius 3 is 2.44 bits per heavy atom. The Labute approximate surface area is 109 Å². The first kappa shape index (κ1) is 13.4. The molecule has 1 atom stereocenters. The highest BCUT2D eigenvalue weighted by atomic mass is 127. The average Bonchev–Trinajstić information content (AvgIpc) is 2.15. The molecule has 0 spiro atoms. The fraction of sp³-hybridized carbons (Fsp3) is 0.417. The fourth-order valence-corrected chi connectivity index (χ4v) is 1.94. The quantitative estimate of drug-likeness (QED) is 0.669. The van der Waals surface area contributed by atoms with E-state index >= 15 is 0 Å². The van der Waals surface area contributed by atoms with Crippen LogP contribution >= 0.6 is 22.6 Å². The summed E-state index contributed by atoms with van der Waals surface area (Å²) >= 11 is 2.16. The van der Waals surface area contributed by atoms with Gasteiger partial charge in [-0.15, -0.1) is 0 Å². The van der Waals surface area contributed by atoms with Gasteiger partial charge in [-0.3, -0.25) is 0 Å². The van der Waals surface area contributed by atoms with Gasteiger partial charge in [0.25, 0.3) is 0 Å². The number of carbonyl (C=O) groups is 1. The number of halogens is 1. The van der Waals surface area contributed by atoms with Crippen LogP contribution < -0.4 is 5.73 Å². The van der Waals surface area contributed by atoms with Crippen molar-refractivity contribution in [2.75, 3.05) is 0 Å². The highest BCUT2D eigenvalue weighted by molar-refractivity contribution is 14.1. The van der Waals surface area contributed by atoms with Crippen LogP contribution in [0, 0.1) is 3.57 Å².